The fraction of sp³-hybridized carbons (Fsp3) is 0.0968. The molecule has 0 atom stereocenters. The van der Waals surface area contributed by atoms with Gasteiger partial charge in [0.05, 0.1) is 11.4 Å². The number of para-hydroxylation sites is 2. The predicted octanol–water partition coefficient (Wildman–Crippen LogP) is 17.8. The van der Waals surface area contributed by atoms with Crippen molar-refractivity contribution in [3.8, 4) is 33.4 Å². The van der Waals surface area contributed by atoms with Gasteiger partial charge in [-0.25, -0.2) is 0 Å². The van der Waals surface area contributed by atoms with Crippen molar-refractivity contribution >= 4 is 55.7 Å². The van der Waals surface area contributed by atoms with Gasteiger partial charge in [-0.05, 0) is 156 Å². The van der Waals surface area contributed by atoms with Crippen molar-refractivity contribution in [2.24, 2.45) is 0 Å². The Hall–Kier alpha value is -7.68. The van der Waals surface area contributed by atoms with E-state index >= 15 is 0 Å². The van der Waals surface area contributed by atoms with E-state index in [-0.39, 0.29) is 0 Å². The van der Waals surface area contributed by atoms with Crippen LogP contribution in [0.25, 0.3) is 54.9 Å². The smallest absolute Gasteiger partial charge is 0.0569 e. The molecule has 310 valence electrons. The number of hydrogen-bond donors (Lipinski definition) is 0. The molecule has 2 heteroatoms. The van der Waals surface area contributed by atoms with Crippen molar-refractivity contribution in [3.63, 3.8) is 0 Å². The number of nitrogens with zero attached hydrogens (tertiary/aromatic N) is 2. The van der Waals surface area contributed by atoms with Gasteiger partial charge in [0, 0.05) is 33.9 Å². The van der Waals surface area contributed by atoms with Gasteiger partial charge in [-0.2, -0.15) is 0 Å². The van der Waals surface area contributed by atoms with E-state index in [2.05, 4.69) is 258 Å². The van der Waals surface area contributed by atoms with Crippen molar-refractivity contribution in [1.82, 2.24) is 0 Å². The molecule has 2 nitrogen and oxygen atoms in total. The highest BCUT2D eigenvalue weighted by Gasteiger charge is 2.24. The maximum absolute atomic E-state index is 2.47. The fourth-order valence-electron chi connectivity index (χ4n) is 9.60. The Balaban J connectivity index is 1.09. The number of fused-ring (bicyclic) bond motifs is 2. The third-order valence-corrected chi connectivity index (χ3v) is 12.9. The molecule has 0 bridgehead atoms. The average Bonchev–Trinajstić information content (AvgIpc) is 3.31. The van der Waals surface area contributed by atoms with E-state index in [1.807, 2.05) is 0 Å². The van der Waals surface area contributed by atoms with Gasteiger partial charge in [0.15, 0.2) is 0 Å². The van der Waals surface area contributed by atoms with Gasteiger partial charge in [0.25, 0.3) is 0 Å². The first kappa shape index (κ1) is 40.4. The maximum atomic E-state index is 2.47. The molecule has 10 rings (SSSR count). The minimum atomic E-state index is 1.13. The molecular formula is C62H52N2. The van der Waals surface area contributed by atoms with Gasteiger partial charge >= 0.3 is 0 Å². The maximum Gasteiger partial charge on any atom is 0.0569 e. The lowest BCUT2D eigenvalue weighted by atomic mass is 9.93. The highest BCUT2D eigenvalue weighted by Crippen LogP contribution is 2.48. The Morgan fingerprint density at radius 2 is 0.641 bits per heavy atom. The summed E-state index contributed by atoms with van der Waals surface area (Å²) in [5.41, 5.74) is 21.5. The Labute approximate surface area is 378 Å². The monoisotopic (exact) mass is 824 g/mol. The first-order valence-electron chi connectivity index (χ1n) is 22.3. The minimum absolute atomic E-state index is 1.13. The molecule has 10 aromatic rings. The number of benzene rings is 10. The largest absolute Gasteiger partial charge is 0.309 e. The van der Waals surface area contributed by atoms with Gasteiger partial charge in [-0.1, -0.05) is 169 Å². The SMILES string of the molecule is Cc1ccc(N(c2ccc(-c3ccc(N(c4ccc(C)cc4)c4c(C)cccc4-c4cccc5ccccc45)c(C)c3)cc2C)c2c(C)cccc2-c2cccc3ccccc23)cc1. The lowest BCUT2D eigenvalue weighted by Crippen LogP contribution is -2.14. The van der Waals surface area contributed by atoms with Gasteiger partial charge in [0.1, 0.15) is 0 Å². The molecule has 0 aliphatic heterocycles. The predicted molar refractivity (Wildman–Crippen MR) is 276 cm³/mol. The summed E-state index contributed by atoms with van der Waals surface area (Å²) in [6.07, 6.45) is 0. The summed E-state index contributed by atoms with van der Waals surface area (Å²) in [6, 6.07) is 75.9. The number of rotatable bonds is 9. The van der Waals surface area contributed by atoms with E-state index in [1.165, 1.54) is 99.7 Å². The van der Waals surface area contributed by atoms with E-state index in [9.17, 15) is 0 Å². The van der Waals surface area contributed by atoms with Crippen molar-refractivity contribution in [2.45, 2.75) is 41.5 Å². The van der Waals surface area contributed by atoms with Crippen LogP contribution in [0.5, 0.6) is 0 Å². The van der Waals surface area contributed by atoms with Crippen LogP contribution in [0.3, 0.4) is 0 Å². The molecule has 0 unspecified atom stereocenters. The van der Waals surface area contributed by atoms with Gasteiger partial charge in [-0.15, -0.1) is 0 Å². The summed E-state index contributed by atoms with van der Waals surface area (Å²) < 4.78 is 0. The van der Waals surface area contributed by atoms with Crippen LogP contribution < -0.4 is 9.80 Å². The highest BCUT2D eigenvalue weighted by molar-refractivity contribution is 6.04. The number of anilines is 6. The molecule has 0 saturated heterocycles. The molecule has 0 N–H and O–H groups in total. The molecule has 0 aliphatic rings. The molecule has 0 spiro atoms. The topological polar surface area (TPSA) is 6.48 Å². The molecule has 0 fully saturated rings. The molecule has 64 heavy (non-hydrogen) atoms. The van der Waals surface area contributed by atoms with E-state index in [0.29, 0.717) is 0 Å². The lowest BCUT2D eigenvalue weighted by molar-refractivity contribution is 1.22. The Morgan fingerprint density at radius 3 is 1.05 bits per heavy atom. The van der Waals surface area contributed by atoms with Crippen LogP contribution in [-0.4, -0.2) is 0 Å². The summed E-state index contributed by atoms with van der Waals surface area (Å²) in [5.74, 6) is 0. The van der Waals surface area contributed by atoms with E-state index < -0.39 is 0 Å². The summed E-state index contributed by atoms with van der Waals surface area (Å²) in [5, 5.41) is 4.98. The first-order valence-corrected chi connectivity index (χ1v) is 22.3. The summed E-state index contributed by atoms with van der Waals surface area (Å²) in [4.78, 5) is 4.93. The lowest BCUT2D eigenvalue weighted by Gasteiger charge is -2.32. The molecule has 0 aromatic heterocycles. The zero-order chi connectivity index (χ0) is 43.9. The average molecular weight is 825 g/mol. The third kappa shape index (κ3) is 7.41. The van der Waals surface area contributed by atoms with Gasteiger partial charge in [-0.3, -0.25) is 0 Å². The third-order valence-electron chi connectivity index (χ3n) is 12.9. The van der Waals surface area contributed by atoms with Crippen LogP contribution >= 0.6 is 0 Å². The second-order valence-corrected chi connectivity index (χ2v) is 17.3. The van der Waals surface area contributed by atoms with Crippen LogP contribution in [-0.2, 0) is 0 Å². The number of aryl methyl sites for hydroxylation is 6. The molecule has 0 heterocycles. The second kappa shape index (κ2) is 16.9. The van der Waals surface area contributed by atoms with Crippen LogP contribution in [0, 0.1) is 41.5 Å². The van der Waals surface area contributed by atoms with Gasteiger partial charge < -0.3 is 9.80 Å². The Bertz CT molecular complexity index is 3100. The van der Waals surface area contributed by atoms with Crippen LogP contribution in [0.1, 0.15) is 33.4 Å². The minimum Gasteiger partial charge on any atom is -0.309 e. The zero-order valence-electron chi connectivity index (χ0n) is 37.5. The second-order valence-electron chi connectivity index (χ2n) is 17.3. The normalized spacial score (nSPS) is 11.3. The van der Waals surface area contributed by atoms with Crippen molar-refractivity contribution in [1.29, 1.82) is 0 Å². The van der Waals surface area contributed by atoms with Crippen molar-refractivity contribution < 1.29 is 0 Å². The molecule has 0 aliphatic carbocycles. The van der Waals surface area contributed by atoms with Crippen LogP contribution in [0.2, 0.25) is 0 Å². The van der Waals surface area contributed by atoms with E-state index in [1.54, 1.807) is 0 Å². The Morgan fingerprint density at radius 1 is 0.281 bits per heavy atom. The van der Waals surface area contributed by atoms with Gasteiger partial charge in [0.2, 0.25) is 0 Å². The van der Waals surface area contributed by atoms with Crippen molar-refractivity contribution in [3.05, 3.63) is 240 Å². The summed E-state index contributed by atoms with van der Waals surface area (Å²) >= 11 is 0. The Kier molecular flexibility index (Phi) is 10.7. The standard InChI is InChI=1S/C62H52N2/c1-41-27-33-51(34-28-41)63(61-43(3)15-11-25-57(61)55-23-13-19-47-17-7-9-21-53(47)55)59-37-31-49(39-45(59)5)50-32-38-60(46(6)40-50)64(52-35-29-42(2)30-36-52)62-44(4)16-12-26-58(62)56-24-14-20-48-18-8-10-22-54(48)56/h7-40H,1-6H3. The summed E-state index contributed by atoms with van der Waals surface area (Å²) in [6.45, 7) is 13.3. The molecule has 10 aromatic carbocycles. The number of hydrogen-bond acceptors (Lipinski definition) is 2. The molecular weight excluding hydrogens is 773 g/mol. The van der Waals surface area contributed by atoms with E-state index in [0.717, 1.165) is 22.7 Å². The highest BCUT2D eigenvalue weighted by atomic mass is 15.2. The fourth-order valence-corrected chi connectivity index (χ4v) is 9.60. The van der Waals surface area contributed by atoms with Crippen LogP contribution in [0.4, 0.5) is 34.1 Å². The molecule has 0 radical (unpaired) electrons. The van der Waals surface area contributed by atoms with Crippen LogP contribution in [0.15, 0.2) is 206 Å². The summed E-state index contributed by atoms with van der Waals surface area (Å²) in [7, 11) is 0. The zero-order valence-corrected chi connectivity index (χ0v) is 37.5. The first-order chi connectivity index (χ1) is 31.2. The van der Waals surface area contributed by atoms with Crippen molar-refractivity contribution in [2.75, 3.05) is 9.80 Å². The van der Waals surface area contributed by atoms with E-state index in [4.69, 9.17) is 0 Å². The molecule has 0 saturated carbocycles. The quantitative estimate of drug-likeness (QED) is 0.143. The molecule has 0 amide bonds.